The van der Waals surface area contributed by atoms with E-state index in [1.165, 1.54) is 29.8 Å². The maximum absolute atomic E-state index is 12.4. The molecular formula is C24H21N5O5S. The van der Waals surface area contributed by atoms with Gasteiger partial charge in [0.15, 0.2) is 0 Å². The lowest BCUT2D eigenvalue weighted by atomic mass is 10.2. The molecule has 2 aromatic heterocycles. The van der Waals surface area contributed by atoms with Crippen LogP contribution in [0, 0.1) is 0 Å². The van der Waals surface area contributed by atoms with Crippen LogP contribution in [0.1, 0.15) is 5.56 Å². The molecule has 178 valence electrons. The number of hydrogen-bond acceptors (Lipinski definition) is 8. The fourth-order valence-corrected chi connectivity index (χ4v) is 4.58. The molecule has 2 N–H and O–H groups in total. The molecule has 1 atom stereocenters. The zero-order valence-corrected chi connectivity index (χ0v) is 19.5. The molecule has 0 bridgehead atoms. The number of hydrogen-bond donors (Lipinski definition) is 2. The number of carbonyl (C=O) groups excluding carboxylic acids is 3. The van der Waals surface area contributed by atoms with E-state index in [2.05, 4.69) is 20.6 Å². The molecule has 4 heterocycles. The second-order valence-electron chi connectivity index (χ2n) is 7.83. The Bertz CT molecular complexity index is 1360. The van der Waals surface area contributed by atoms with Gasteiger partial charge in [-0.3, -0.25) is 19.5 Å². The van der Waals surface area contributed by atoms with E-state index in [0.29, 0.717) is 34.0 Å². The topological polar surface area (TPSA) is 123 Å². The van der Waals surface area contributed by atoms with Crippen molar-refractivity contribution in [3.8, 4) is 5.88 Å². The molecule has 5 rings (SSSR count). The highest BCUT2D eigenvalue weighted by molar-refractivity contribution is 8.00. The van der Waals surface area contributed by atoms with Crippen molar-refractivity contribution in [2.75, 3.05) is 36.2 Å². The normalized spacial score (nSPS) is 17.3. The number of benzene rings is 1. The SMILES string of the molecule is COc1ccc2nccc(/C=C/C(=O)NC[C@@H]3CN(c4ccc5c(c4)NC(=O)CS5)C(=O)O3)c2n1. The van der Waals surface area contributed by atoms with E-state index in [0.717, 1.165) is 10.5 Å². The molecule has 1 aromatic carbocycles. The van der Waals surface area contributed by atoms with Gasteiger partial charge < -0.3 is 20.1 Å². The average molecular weight is 492 g/mol. The van der Waals surface area contributed by atoms with Crippen LogP contribution in [0.3, 0.4) is 0 Å². The highest BCUT2D eigenvalue weighted by atomic mass is 32.2. The number of carbonyl (C=O) groups is 3. The third-order valence-corrected chi connectivity index (χ3v) is 6.57. The number of aromatic nitrogens is 2. The van der Waals surface area contributed by atoms with Crippen LogP contribution in [0.4, 0.5) is 16.2 Å². The number of nitrogens with one attached hydrogen (secondary N) is 2. The highest BCUT2D eigenvalue weighted by Crippen LogP contribution is 2.35. The molecule has 1 saturated heterocycles. The second kappa shape index (κ2) is 9.63. The van der Waals surface area contributed by atoms with Gasteiger partial charge in [0.1, 0.15) is 6.10 Å². The van der Waals surface area contributed by atoms with Crippen LogP contribution in [0.25, 0.3) is 17.1 Å². The van der Waals surface area contributed by atoms with E-state index in [1.54, 1.807) is 36.5 Å². The molecule has 3 amide bonds. The van der Waals surface area contributed by atoms with Gasteiger partial charge in [-0.2, -0.15) is 0 Å². The average Bonchev–Trinajstić information content (AvgIpc) is 3.25. The quantitative estimate of drug-likeness (QED) is 0.505. The van der Waals surface area contributed by atoms with Gasteiger partial charge >= 0.3 is 6.09 Å². The number of amides is 3. The van der Waals surface area contributed by atoms with Gasteiger partial charge in [-0.15, -0.1) is 11.8 Å². The zero-order valence-electron chi connectivity index (χ0n) is 18.7. The van der Waals surface area contributed by atoms with E-state index in [9.17, 15) is 14.4 Å². The van der Waals surface area contributed by atoms with Crippen LogP contribution in [0.15, 0.2) is 53.6 Å². The molecule has 2 aliphatic heterocycles. The van der Waals surface area contributed by atoms with Crippen molar-refractivity contribution < 1.29 is 23.9 Å². The van der Waals surface area contributed by atoms with E-state index < -0.39 is 12.2 Å². The summed E-state index contributed by atoms with van der Waals surface area (Å²) in [6.45, 7) is 0.438. The molecule has 3 aromatic rings. The third-order valence-electron chi connectivity index (χ3n) is 5.50. The zero-order chi connectivity index (χ0) is 24.4. The maximum Gasteiger partial charge on any atom is 0.414 e. The molecule has 11 heteroatoms. The minimum atomic E-state index is -0.507. The molecular weight excluding hydrogens is 470 g/mol. The van der Waals surface area contributed by atoms with Gasteiger partial charge in [-0.1, -0.05) is 0 Å². The van der Waals surface area contributed by atoms with Crippen molar-refractivity contribution in [1.82, 2.24) is 15.3 Å². The first-order chi connectivity index (χ1) is 17.0. The largest absolute Gasteiger partial charge is 0.481 e. The minimum Gasteiger partial charge on any atom is -0.481 e. The van der Waals surface area contributed by atoms with Gasteiger partial charge in [-0.25, -0.2) is 9.78 Å². The first-order valence-electron chi connectivity index (χ1n) is 10.8. The molecule has 0 spiro atoms. The number of thioether (sulfide) groups is 1. The smallest absolute Gasteiger partial charge is 0.414 e. The molecule has 0 saturated carbocycles. The van der Waals surface area contributed by atoms with Crippen molar-refractivity contribution in [1.29, 1.82) is 0 Å². The Balaban J connectivity index is 1.20. The fourth-order valence-electron chi connectivity index (χ4n) is 3.79. The van der Waals surface area contributed by atoms with Crippen molar-refractivity contribution in [3.63, 3.8) is 0 Å². The van der Waals surface area contributed by atoms with Gasteiger partial charge in [0.25, 0.3) is 0 Å². The van der Waals surface area contributed by atoms with Crippen molar-refractivity contribution in [2.45, 2.75) is 11.0 Å². The Hall–Kier alpha value is -4.12. The molecule has 0 radical (unpaired) electrons. The summed E-state index contributed by atoms with van der Waals surface area (Å²) in [4.78, 5) is 47.6. The Kier molecular flexibility index (Phi) is 6.23. The van der Waals surface area contributed by atoms with Gasteiger partial charge in [-0.05, 0) is 36.4 Å². The lowest BCUT2D eigenvalue weighted by Gasteiger charge is -2.19. The Morgan fingerprint density at radius 1 is 1.31 bits per heavy atom. The van der Waals surface area contributed by atoms with Gasteiger partial charge in [0, 0.05) is 34.5 Å². The summed E-state index contributed by atoms with van der Waals surface area (Å²) in [5.74, 6) is 0.418. The first-order valence-corrected chi connectivity index (χ1v) is 11.8. The van der Waals surface area contributed by atoms with Crippen LogP contribution < -0.4 is 20.3 Å². The van der Waals surface area contributed by atoms with Crippen LogP contribution in [0.2, 0.25) is 0 Å². The number of rotatable bonds is 6. The number of cyclic esters (lactones) is 1. The van der Waals surface area contributed by atoms with E-state index in [1.807, 2.05) is 12.1 Å². The summed E-state index contributed by atoms with van der Waals surface area (Å²) in [6, 6.07) is 10.7. The van der Waals surface area contributed by atoms with Gasteiger partial charge in [0.05, 0.1) is 42.7 Å². The molecule has 0 unspecified atom stereocenters. The Labute approximate surface area is 204 Å². The van der Waals surface area contributed by atoms with Crippen molar-refractivity contribution in [3.05, 3.63) is 54.2 Å². The van der Waals surface area contributed by atoms with Crippen LogP contribution >= 0.6 is 11.8 Å². The predicted octanol–water partition coefficient (Wildman–Crippen LogP) is 2.84. The predicted molar refractivity (Wildman–Crippen MR) is 132 cm³/mol. The third kappa shape index (κ3) is 4.90. The second-order valence-corrected chi connectivity index (χ2v) is 8.85. The van der Waals surface area contributed by atoms with Crippen molar-refractivity contribution >= 4 is 58.2 Å². The maximum atomic E-state index is 12.4. The summed E-state index contributed by atoms with van der Waals surface area (Å²) in [5, 5.41) is 5.58. The molecule has 0 aliphatic carbocycles. The Morgan fingerprint density at radius 2 is 2.20 bits per heavy atom. The van der Waals surface area contributed by atoms with E-state index in [-0.39, 0.29) is 24.9 Å². The van der Waals surface area contributed by atoms with Crippen LogP contribution in [-0.2, 0) is 14.3 Å². The summed E-state index contributed by atoms with van der Waals surface area (Å²) in [7, 11) is 1.53. The summed E-state index contributed by atoms with van der Waals surface area (Å²) >= 11 is 1.45. The lowest BCUT2D eigenvalue weighted by Crippen LogP contribution is -2.33. The minimum absolute atomic E-state index is 0.0769. The first kappa shape index (κ1) is 22.7. The summed E-state index contributed by atoms with van der Waals surface area (Å²) in [6.07, 6.45) is 3.68. The standard InChI is InChI=1S/C24H21N5O5S/c1-33-22-7-4-17-23(28-22)14(8-9-25-17)2-6-20(30)26-11-16-12-29(24(32)34-16)15-3-5-19-18(10-15)27-21(31)13-35-19/h2-10,16H,11-13H2,1H3,(H,26,30)(H,27,31)/b6-2+/t16-/m1/s1. The molecule has 35 heavy (non-hydrogen) atoms. The summed E-state index contributed by atoms with van der Waals surface area (Å²) < 4.78 is 10.6. The fraction of sp³-hybridized carbons (Fsp3) is 0.208. The van der Waals surface area contributed by atoms with E-state index >= 15 is 0 Å². The summed E-state index contributed by atoms with van der Waals surface area (Å²) in [5.41, 5.74) is 3.33. The number of pyridine rings is 2. The van der Waals surface area contributed by atoms with E-state index in [4.69, 9.17) is 9.47 Å². The van der Waals surface area contributed by atoms with Gasteiger partial charge in [0.2, 0.25) is 17.7 Å². The van der Waals surface area contributed by atoms with Crippen LogP contribution in [-0.4, -0.2) is 59.9 Å². The number of nitrogens with zero attached hydrogens (tertiary/aromatic N) is 3. The highest BCUT2D eigenvalue weighted by Gasteiger charge is 2.33. The number of anilines is 2. The number of fused-ring (bicyclic) bond motifs is 2. The number of ether oxygens (including phenoxy) is 2. The number of methoxy groups -OCH3 is 1. The Morgan fingerprint density at radius 3 is 3.06 bits per heavy atom. The van der Waals surface area contributed by atoms with Crippen LogP contribution in [0.5, 0.6) is 5.88 Å². The lowest BCUT2D eigenvalue weighted by molar-refractivity contribution is -0.117. The monoisotopic (exact) mass is 491 g/mol. The molecule has 1 fully saturated rings. The molecule has 2 aliphatic rings. The van der Waals surface area contributed by atoms with Crippen molar-refractivity contribution in [2.24, 2.45) is 0 Å². The molecule has 10 nitrogen and oxygen atoms in total.